The molecule has 0 atom stereocenters. The van der Waals surface area contributed by atoms with Gasteiger partial charge in [0.25, 0.3) is 5.91 Å². The number of amides is 1. The van der Waals surface area contributed by atoms with Crippen molar-refractivity contribution in [3.8, 4) is 11.5 Å². The minimum Gasteiger partial charge on any atom is -0.490 e. The average Bonchev–Trinajstić information content (AvgIpc) is 2.64. The van der Waals surface area contributed by atoms with Crippen LogP contribution in [0.1, 0.15) is 24.2 Å². The van der Waals surface area contributed by atoms with Gasteiger partial charge in [0, 0.05) is 25.4 Å². The summed E-state index contributed by atoms with van der Waals surface area (Å²) in [6.45, 7) is 6.65. The van der Waals surface area contributed by atoms with Gasteiger partial charge in [0.1, 0.15) is 5.56 Å². The van der Waals surface area contributed by atoms with Gasteiger partial charge in [-0.3, -0.25) is 9.59 Å². The summed E-state index contributed by atoms with van der Waals surface area (Å²) < 4.78 is 16.4. The molecule has 25 heavy (non-hydrogen) atoms. The summed E-state index contributed by atoms with van der Waals surface area (Å²) in [6, 6.07) is 3.37. The Morgan fingerprint density at radius 3 is 2.44 bits per heavy atom. The van der Waals surface area contributed by atoms with Gasteiger partial charge in [0.2, 0.25) is 5.43 Å². The third-order valence-electron chi connectivity index (χ3n) is 4.07. The fourth-order valence-corrected chi connectivity index (χ4v) is 2.86. The van der Waals surface area contributed by atoms with E-state index in [4.69, 9.17) is 14.2 Å². The fourth-order valence-electron chi connectivity index (χ4n) is 2.86. The summed E-state index contributed by atoms with van der Waals surface area (Å²) in [5.41, 5.74) is 0.422. The van der Waals surface area contributed by atoms with E-state index in [9.17, 15) is 9.59 Å². The molecule has 0 aliphatic carbocycles. The Bertz CT molecular complexity index is 824. The number of benzene rings is 1. The number of fused-ring (bicyclic) bond motifs is 1. The molecule has 1 fully saturated rings. The van der Waals surface area contributed by atoms with Crippen molar-refractivity contribution in [3.63, 3.8) is 0 Å². The van der Waals surface area contributed by atoms with Crippen LogP contribution in [0.2, 0.25) is 0 Å². The molecule has 1 aromatic carbocycles. The molecule has 1 saturated heterocycles. The number of pyridine rings is 1. The molecule has 7 nitrogen and oxygen atoms in total. The highest BCUT2D eigenvalue weighted by atomic mass is 16.5. The van der Waals surface area contributed by atoms with Crippen LogP contribution >= 0.6 is 0 Å². The Morgan fingerprint density at radius 2 is 1.80 bits per heavy atom. The highest BCUT2D eigenvalue weighted by Crippen LogP contribution is 2.31. The number of aromatic nitrogens is 1. The van der Waals surface area contributed by atoms with Crippen molar-refractivity contribution in [1.29, 1.82) is 0 Å². The van der Waals surface area contributed by atoms with E-state index in [2.05, 4.69) is 4.98 Å². The second kappa shape index (κ2) is 7.57. The first-order chi connectivity index (χ1) is 12.2. The number of H-pyrrole nitrogens is 1. The number of hydrogen-bond donors (Lipinski definition) is 1. The maximum absolute atomic E-state index is 12.8. The number of ether oxygens (including phenoxy) is 3. The Labute approximate surface area is 145 Å². The van der Waals surface area contributed by atoms with E-state index >= 15 is 0 Å². The number of rotatable bonds is 5. The van der Waals surface area contributed by atoms with Gasteiger partial charge in [-0.1, -0.05) is 0 Å². The van der Waals surface area contributed by atoms with Crippen LogP contribution < -0.4 is 14.9 Å². The largest absolute Gasteiger partial charge is 0.490 e. The quantitative estimate of drug-likeness (QED) is 0.893. The lowest BCUT2D eigenvalue weighted by Crippen LogP contribution is -2.42. The molecule has 1 aromatic heterocycles. The van der Waals surface area contributed by atoms with E-state index in [0.29, 0.717) is 61.9 Å². The highest BCUT2D eigenvalue weighted by molar-refractivity contribution is 5.97. The topological polar surface area (TPSA) is 80.9 Å². The average molecular weight is 346 g/mol. The van der Waals surface area contributed by atoms with Gasteiger partial charge in [-0.05, 0) is 19.9 Å². The molecule has 1 aliphatic rings. The lowest BCUT2D eigenvalue weighted by Gasteiger charge is -2.26. The third-order valence-corrected chi connectivity index (χ3v) is 4.07. The Balaban J connectivity index is 2.04. The number of nitrogens with zero attached hydrogens (tertiary/aromatic N) is 1. The van der Waals surface area contributed by atoms with Gasteiger partial charge in [0.15, 0.2) is 11.5 Å². The smallest absolute Gasteiger partial charge is 0.259 e. The molecule has 2 aromatic rings. The molecule has 1 N–H and O–H groups in total. The molecule has 0 radical (unpaired) electrons. The van der Waals surface area contributed by atoms with Gasteiger partial charge >= 0.3 is 0 Å². The molecule has 7 heteroatoms. The molecule has 134 valence electrons. The van der Waals surface area contributed by atoms with E-state index < -0.39 is 0 Å². The zero-order chi connectivity index (χ0) is 17.8. The number of carbonyl (C=O) groups is 1. The second-order valence-corrected chi connectivity index (χ2v) is 5.65. The van der Waals surface area contributed by atoms with E-state index in [1.807, 2.05) is 13.8 Å². The van der Waals surface area contributed by atoms with Gasteiger partial charge in [-0.2, -0.15) is 0 Å². The number of aromatic amines is 1. The molecule has 0 bridgehead atoms. The Hall–Kier alpha value is -2.54. The fraction of sp³-hybridized carbons (Fsp3) is 0.444. The van der Waals surface area contributed by atoms with Crippen LogP contribution in [0.25, 0.3) is 10.9 Å². The van der Waals surface area contributed by atoms with Gasteiger partial charge in [-0.15, -0.1) is 0 Å². The van der Waals surface area contributed by atoms with Crippen LogP contribution in [0.15, 0.2) is 23.1 Å². The van der Waals surface area contributed by atoms with Crippen molar-refractivity contribution < 1.29 is 19.0 Å². The van der Waals surface area contributed by atoms with Crippen molar-refractivity contribution in [3.05, 3.63) is 34.1 Å². The van der Waals surface area contributed by atoms with Crippen molar-refractivity contribution in [1.82, 2.24) is 9.88 Å². The summed E-state index contributed by atoms with van der Waals surface area (Å²) >= 11 is 0. The third kappa shape index (κ3) is 3.46. The minimum atomic E-state index is -0.311. The van der Waals surface area contributed by atoms with E-state index in [1.165, 1.54) is 6.20 Å². The number of carbonyl (C=O) groups excluding carboxylic acids is 1. The van der Waals surface area contributed by atoms with E-state index in [0.717, 1.165) is 0 Å². The molecule has 2 heterocycles. The standard InChI is InChI=1S/C18H22N2O5/c1-3-24-15-9-12-14(10-16(15)25-4-2)19-11-13(17(12)21)18(22)20-5-7-23-8-6-20/h9-11H,3-8H2,1-2H3,(H,19,21). The number of hydrogen-bond acceptors (Lipinski definition) is 5. The number of morpholine rings is 1. The molecule has 1 aliphatic heterocycles. The zero-order valence-electron chi connectivity index (χ0n) is 14.5. The van der Waals surface area contributed by atoms with Crippen molar-refractivity contribution in [2.45, 2.75) is 13.8 Å². The van der Waals surface area contributed by atoms with E-state index in [1.54, 1.807) is 17.0 Å². The monoisotopic (exact) mass is 346 g/mol. The summed E-state index contributed by atoms with van der Waals surface area (Å²) in [6.07, 6.45) is 1.47. The van der Waals surface area contributed by atoms with Gasteiger partial charge < -0.3 is 24.1 Å². The second-order valence-electron chi connectivity index (χ2n) is 5.65. The minimum absolute atomic E-state index is 0.126. The lowest BCUT2D eigenvalue weighted by molar-refractivity contribution is 0.0302. The summed E-state index contributed by atoms with van der Waals surface area (Å²) in [5.74, 6) is 0.788. The predicted octanol–water partition coefficient (Wildman–Crippen LogP) is 1.80. The first kappa shape index (κ1) is 17.3. The Kier molecular flexibility index (Phi) is 5.23. The molecule has 0 saturated carbocycles. The normalized spacial score (nSPS) is 14.6. The van der Waals surface area contributed by atoms with Crippen molar-refractivity contribution >= 4 is 16.8 Å². The summed E-state index contributed by atoms with van der Waals surface area (Å²) in [7, 11) is 0. The van der Waals surface area contributed by atoms with Gasteiger partial charge in [-0.25, -0.2) is 0 Å². The first-order valence-electron chi connectivity index (χ1n) is 8.47. The first-order valence-corrected chi connectivity index (χ1v) is 8.47. The molecule has 3 rings (SSSR count). The number of nitrogens with one attached hydrogen (secondary N) is 1. The molecule has 1 amide bonds. The maximum Gasteiger partial charge on any atom is 0.259 e. The molecule has 0 unspecified atom stereocenters. The van der Waals surface area contributed by atoms with Crippen LogP contribution in [0.5, 0.6) is 11.5 Å². The van der Waals surface area contributed by atoms with Crippen LogP contribution in [0.4, 0.5) is 0 Å². The van der Waals surface area contributed by atoms with Crippen LogP contribution in [0.3, 0.4) is 0 Å². The van der Waals surface area contributed by atoms with Crippen LogP contribution in [0, 0.1) is 0 Å². The van der Waals surface area contributed by atoms with Crippen molar-refractivity contribution in [2.24, 2.45) is 0 Å². The van der Waals surface area contributed by atoms with Gasteiger partial charge in [0.05, 0.1) is 37.3 Å². The SMILES string of the molecule is CCOc1cc2[nH]cc(C(=O)N3CCOCC3)c(=O)c2cc1OCC. The van der Waals surface area contributed by atoms with Crippen molar-refractivity contribution in [2.75, 3.05) is 39.5 Å². The lowest BCUT2D eigenvalue weighted by atomic mass is 10.1. The Morgan fingerprint density at radius 1 is 1.16 bits per heavy atom. The highest BCUT2D eigenvalue weighted by Gasteiger charge is 2.22. The van der Waals surface area contributed by atoms with Crippen LogP contribution in [-0.4, -0.2) is 55.3 Å². The maximum atomic E-state index is 12.8. The van der Waals surface area contributed by atoms with E-state index in [-0.39, 0.29) is 16.9 Å². The summed E-state index contributed by atoms with van der Waals surface area (Å²) in [5, 5.41) is 0.408. The molecular formula is C18H22N2O5. The molecular weight excluding hydrogens is 324 g/mol. The summed E-state index contributed by atoms with van der Waals surface area (Å²) in [4.78, 5) is 30.2. The molecule has 0 spiro atoms. The van der Waals surface area contributed by atoms with Crippen LogP contribution in [-0.2, 0) is 4.74 Å². The predicted molar refractivity (Wildman–Crippen MR) is 93.6 cm³/mol. The zero-order valence-corrected chi connectivity index (χ0v) is 14.5.